The smallest absolute Gasteiger partial charge is 0.230 e. The minimum Gasteiger partial charge on any atom is -0.380 e. The van der Waals surface area contributed by atoms with Gasteiger partial charge in [0.15, 0.2) is 11.5 Å². The molecule has 6 rings (SSSR count). The van der Waals surface area contributed by atoms with Crippen molar-refractivity contribution in [2.45, 2.75) is 6.54 Å². The highest BCUT2D eigenvalue weighted by molar-refractivity contribution is 9.10. The molecule has 11 heteroatoms. The molecule has 0 unspecified atom stereocenters. The first-order chi connectivity index (χ1) is 14.7. The predicted molar refractivity (Wildman–Crippen MR) is 113 cm³/mol. The number of ether oxygens (including phenoxy) is 1. The van der Waals surface area contributed by atoms with Gasteiger partial charge in [-0.2, -0.15) is 24.7 Å². The molecule has 2 fully saturated rings. The van der Waals surface area contributed by atoms with Crippen LogP contribution >= 0.6 is 15.9 Å². The van der Waals surface area contributed by atoms with Gasteiger partial charge >= 0.3 is 0 Å². The summed E-state index contributed by atoms with van der Waals surface area (Å²) < 4.78 is 7.87. The van der Waals surface area contributed by atoms with Crippen LogP contribution in [0.15, 0.2) is 41.0 Å². The molecule has 0 radical (unpaired) electrons. The van der Waals surface area contributed by atoms with E-state index in [9.17, 15) is 0 Å². The van der Waals surface area contributed by atoms with Crippen molar-refractivity contribution in [2.75, 3.05) is 36.5 Å². The Hall–Kier alpha value is -3.05. The molecule has 2 saturated heterocycles. The lowest BCUT2D eigenvalue weighted by Gasteiger charge is -2.54. The number of nitrogens with zero attached hydrogens (tertiary/aromatic N) is 7. The molecule has 0 atom stereocenters. The first-order valence-corrected chi connectivity index (χ1v) is 10.4. The van der Waals surface area contributed by atoms with E-state index in [1.165, 1.54) is 0 Å². The third kappa shape index (κ3) is 2.92. The van der Waals surface area contributed by atoms with Gasteiger partial charge in [0.2, 0.25) is 11.9 Å². The Labute approximate surface area is 179 Å². The summed E-state index contributed by atoms with van der Waals surface area (Å²) in [5.74, 6) is 2.66. The normalized spacial score (nSPS) is 17.2. The van der Waals surface area contributed by atoms with E-state index >= 15 is 0 Å². The molecule has 2 N–H and O–H groups in total. The van der Waals surface area contributed by atoms with Crippen molar-refractivity contribution in [3.8, 4) is 11.4 Å². The van der Waals surface area contributed by atoms with Crippen LogP contribution in [-0.2, 0) is 11.3 Å². The number of aromatic amines is 1. The predicted octanol–water partition coefficient (Wildman–Crippen LogP) is 2.12. The lowest BCUT2D eigenvalue weighted by atomic mass is 9.78. The lowest BCUT2D eigenvalue weighted by molar-refractivity contribution is -0.127. The first-order valence-electron chi connectivity index (χ1n) is 9.64. The zero-order valence-electron chi connectivity index (χ0n) is 15.9. The van der Waals surface area contributed by atoms with Crippen LogP contribution in [0.3, 0.4) is 0 Å². The summed E-state index contributed by atoms with van der Waals surface area (Å²) in [6, 6.07) is 9.86. The molecule has 2 aliphatic rings. The summed E-state index contributed by atoms with van der Waals surface area (Å²) in [4.78, 5) is 16.2. The Bertz CT molecular complexity index is 1210. The van der Waals surface area contributed by atoms with Gasteiger partial charge in [0.25, 0.3) is 0 Å². The fourth-order valence-corrected chi connectivity index (χ4v) is 4.18. The molecular formula is C19H18BrN9O. The summed E-state index contributed by atoms with van der Waals surface area (Å²) in [5, 5.41) is 15.0. The van der Waals surface area contributed by atoms with Crippen LogP contribution in [-0.4, -0.2) is 61.1 Å². The second kappa shape index (κ2) is 6.74. The van der Waals surface area contributed by atoms with Gasteiger partial charge in [0.05, 0.1) is 35.8 Å². The molecule has 2 aliphatic heterocycles. The fraction of sp³-hybridized carbons (Fsp3) is 0.316. The van der Waals surface area contributed by atoms with Gasteiger partial charge in [-0.1, -0.05) is 30.3 Å². The van der Waals surface area contributed by atoms with E-state index in [0.29, 0.717) is 30.1 Å². The molecule has 3 aromatic heterocycles. The van der Waals surface area contributed by atoms with E-state index in [-0.39, 0.29) is 5.41 Å². The fourth-order valence-electron chi connectivity index (χ4n) is 3.83. The van der Waals surface area contributed by atoms with Gasteiger partial charge in [-0.05, 0) is 15.9 Å². The number of aromatic nitrogens is 7. The third-order valence-corrected chi connectivity index (χ3v) is 6.00. The summed E-state index contributed by atoms with van der Waals surface area (Å²) >= 11 is 3.53. The number of halogens is 1. The van der Waals surface area contributed by atoms with Crippen molar-refractivity contribution in [1.29, 1.82) is 0 Å². The molecule has 1 spiro atoms. The Balaban J connectivity index is 1.25. The standard InChI is InChI=1S/C19H18BrN9O/c20-13-6-22-29-16(13)24-18(28-8-19(9-28)10-30-11-19)25-17(29)21-7-14-23-15(27-26-14)12-4-2-1-3-5-12/h1-6H,7-11H2,(H,21,24,25)(H,23,26,27). The van der Waals surface area contributed by atoms with E-state index in [0.717, 1.165) is 42.0 Å². The topological polar surface area (TPSA) is 109 Å². The number of hydrogen-bond acceptors (Lipinski definition) is 8. The van der Waals surface area contributed by atoms with Crippen molar-refractivity contribution < 1.29 is 4.74 Å². The molecule has 5 heterocycles. The molecule has 4 aromatic rings. The minimum atomic E-state index is 0.286. The molecular weight excluding hydrogens is 450 g/mol. The van der Waals surface area contributed by atoms with Crippen molar-refractivity contribution in [3.63, 3.8) is 0 Å². The van der Waals surface area contributed by atoms with Gasteiger partial charge in [-0.15, -0.1) is 0 Å². The molecule has 30 heavy (non-hydrogen) atoms. The first kappa shape index (κ1) is 17.8. The molecule has 0 aliphatic carbocycles. The van der Waals surface area contributed by atoms with Crippen LogP contribution in [0.1, 0.15) is 5.82 Å². The molecule has 0 amide bonds. The Morgan fingerprint density at radius 3 is 2.73 bits per heavy atom. The average Bonchev–Trinajstić information content (AvgIpc) is 3.32. The SMILES string of the molecule is Brc1cnn2c(NCc3nc(-c4ccccc4)n[nH]3)nc(N3CC4(COC4)C3)nc12. The maximum atomic E-state index is 5.37. The number of H-pyrrole nitrogens is 1. The minimum absolute atomic E-state index is 0.286. The van der Waals surface area contributed by atoms with Crippen LogP contribution in [0.25, 0.3) is 17.0 Å². The van der Waals surface area contributed by atoms with Crippen molar-refractivity contribution in [3.05, 3.63) is 46.8 Å². The summed E-state index contributed by atoms with van der Waals surface area (Å²) in [6.45, 7) is 3.90. The van der Waals surface area contributed by atoms with Gasteiger partial charge in [0.1, 0.15) is 5.82 Å². The van der Waals surface area contributed by atoms with Crippen LogP contribution in [0.4, 0.5) is 11.9 Å². The van der Waals surface area contributed by atoms with Crippen molar-refractivity contribution in [2.24, 2.45) is 5.41 Å². The highest BCUT2D eigenvalue weighted by atomic mass is 79.9. The van der Waals surface area contributed by atoms with Crippen molar-refractivity contribution in [1.82, 2.24) is 34.8 Å². The molecule has 0 bridgehead atoms. The van der Waals surface area contributed by atoms with Gasteiger partial charge in [-0.3, -0.25) is 5.10 Å². The van der Waals surface area contributed by atoms with Crippen LogP contribution in [0.5, 0.6) is 0 Å². The average molecular weight is 468 g/mol. The number of benzene rings is 1. The van der Waals surface area contributed by atoms with E-state index < -0.39 is 0 Å². The number of anilines is 2. The van der Waals surface area contributed by atoms with E-state index in [2.05, 4.69) is 46.4 Å². The van der Waals surface area contributed by atoms with Crippen LogP contribution in [0, 0.1) is 5.41 Å². The third-order valence-electron chi connectivity index (χ3n) is 5.44. The number of nitrogens with one attached hydrogen (secondary N) is 2. The molecule has 10 nitrogen and oxygen atoms in total. The number of hydrogen-bond donors (Lipinski definition) is 2. The highest BCUT2D eigenvalue weighted by Gasteiger charge is 2.50. The second-order valence-corrected chi connectivity index (χ2v) is 8.60. The summed E-state index contributed by atoms with van der Waals surface area (Å²) in [6.07, 6.45) is 1.72. The van der Waals surface area contributed by atoms with Crippen LogP contribution < -0.4 is 10.2 Å². The lowest BCUT2D eigenvalue weighted by Crippen LogP contribution is -2.66. The van der Waals surface area contributed by atoms with Crippen LogP contribution in [0.2, 0.25) is 0 Å². The molecule has 152 valence electrons. The maximum absolute atomic E-state index is 5.37. The zero-order valence-corrected chi connectivity index (χ0v) is 17.5. The number of rotatable bonds is 5. The van der Waals surface area contributed by atoms with E-state index in [1.807, 2.05) is 30.3 Å². The Morgan fingerprint density at radius 2 is 1.97 bits per heavy atom. The van der Waals surface area contributed by atoms with Gasteiger partial charge in [0, 0.05) is 18.7 Å². The van der Waals surface area contributed by atoms with Crippen molar-refractivity contribution >= 4 is 33.5 Å². The van der Waals surface area contributed by atoms with E-state index in [1.54, 1.807) is 10.7 Å². The van der Waals surface area contributed by atoms with Gasteiger partial charge in [-0.25, -0.2) is 4.98 Å². The summed E-state index contributed by atoms with van der Waals surface area (Å²) in [7, 11) is 0. The maximum Gasteiger partial charge on any atom is 0.230 e. The molecule has 0 saturated carbocycles. The number of fused-ring (bicyclic) bond motifs is 1. The van der Waals surface area contributed by atoms with Gasteiger partial charge < -0.3 is 15.0 Å². The largest absolute Gasteiger partial charge is 0.380 e. The quantitative estimate of drug-likeness (QED) is 0.459. The molecule has 1 aromatic carbocycles. The summed E-state index contributed by atoms with van der Waals surface area (Å²) in [5.41, 5.74) is 1.97. The Kier molecular flexibility index (Phi) is 4.00. The second-order valence-electron chi connectivity index (χ2n) is 7.75. The zero-order chi connectivity index (χ0) is 20.1. The van der Waals surface area contributed by atoms with E-state index in [4.69, 9.17) is 14.7 Å². The Morgan fingerprint density at radius 1 is 1.13 bits per heavy atom. The highest BCUT2D eigenvalue weighted by Crippen LogP contribution is 2.39. The monoisotopic (exact) mass is 467 g/mol.